The minimum atomic E-state index is -0.237. The van der Waals surface area contributed by atoms with Crippen LogP contribution in [0.15, 0.2) is 36.4 Å². The van der Waals surface area contributed by atoms with Crippen LogP contribution in [0, 0.1) is 0 Å². The molecule has 126 valence electrons. The molecule has 2 aromatic carbocycles. The maximum absolute atomic E-state index is 12.5. The summed E-state index contributed by atoms with van der Waals surface area (Å²) >= 11 is 11.8. The van der Waals surface area contributed by atoms with E-state index in [0.29, 0.717) is 32.9 Å². The number of carbonyl (C=O) groups excluding carboxylic acids is 1. The third kappa shape index (κ3) is 4.02. The van der Waals surface area contributed by atoms with Gasteiger partial charge in [-0.1, -0.05) is 35.3 Å². The molecular formula is C18H16Cl2O4. The Labute approximate surface area is 150 Å². The molecule has 0 unspecified atom stereocenters. The van der Waals surface area contributed by atoms with Crippen molar-refractivity contribution in [2.45, 2.75) is 0 Å². The molecule has 0 amide bonds. The van der Waals surface area contributed by atoms with Crippen molar-refractivity contribution in [3.63, 3.8) is 0 Å². The predicted octanol–water partition coefficient (Wildman–Crippen LogP) is 4.92. The number of allylic oxidation sites excluding steroid dienone is 1. The summed E-state index contributed by atoms with van der Waals surface area (Å²) in [5.74, 6) is 1.10. The van der Waals surface area contributed by atoms with Gasteiger partial charge in [-0.2, -0.15) is 0 Å². The SMILES string of the molecule is COc1cc(OC)c(C(=O)/C=C/c2ccc(Cl)c(Cl)c2)cc1OC. The maximum Gasteiger partial charge on any atom is 0.189 e. The number of halogens is 2. The lowest BCUT2D eigenvalue weighted by Crippen LogP contribution is -2.01. The Balaban J connectivity index is 2.34. The average Bonchev–Trinajstić information content (AvgIpc) is 2.61. The van der Waals surface area contributed by atoms with Gasteiger partial charge in [0.2, 0.25) is 0 Å². The molecule has 2 rings (SSSR count). The second-order valence-electron chi connectivity index (χ2n) is 4.78. The molecule has 0 aliphatic carbocycles. The van der Waals surface area contributed by atoms with Gasteiger partial charge >= 0.3 is 0 Å². The summed E-state index contributed by atoms with van der Waals surface area (Å²) in [6, 6.07) is 8.31. The van der Waals surface area contributed by atoms with Crippen LogP contribution in [0.4, 0.5) is 0 Å². The van der Waals surface area contributed by atoms with Crippen LogP contribution >= 0.6 is 23.2 Å². The van der Waals surface area contributed by atoms with E-state index in [4.69, 9.17) is 37.4 Å². The van der Waals surface area contributed by atoms with Crippen molar-refractivity contribution < 1.29 is 19.0 Å². The second-order valence-corrected chi connectivity index (χ2v) is 5.59. The molecule has 0 heterocycles. The second kappa shape index (κ2) is 8.08. The Bertz CT molecular complexity index is 785. The molecule has 24 heavy (non-hydrogen) atoms. The summed E-state index contributed by atoms with van der Waals surface area (Å²) in [4.78, 5) is 12.5. The van der Waals surface area contributed by atoms with Crippen LogP contribution in [0.3, 0.4) is 0 Å². The highest BCUT2D eigenvalue weighted by atomic mass is 35.5. The van der Waals surface area contributed by atoms with Gasteiger partial charge in [0.1, 0.15) is 5.75 Å². The molecule has 0 aliphatic heterocycles. The zero-order valence-electron chi connectivity index (χ0n) is 13.4. The lowest BCUT2D eigenvalue weighted by atomic mass is 10.1. The Kier molecular flexibility index (Phi) is 6.12. The van der Waals surface area contributed by atoms with Crippen molar-refractivity contribution >= 4 is 35.1 Å². The fourth-order valence-corrected chi connectivity index (χ4v) is 2.41. The van der Waals surface area contributed by atoms with Crippen molar-refractivity contribution in [3.8, 4) is 17.2 Å². The van der Waals surface area contributed by atoms with Gasteiger partial charge < -0.3 is 14.2 Å². The van der Waals surface area contributed by atoms with E-state index in [2.05, 4.69) is 0 Å². The summed E-state index contributed by atoms with van der Waals surface area (Å²) in [6.45, 7) is 0. The minimum absolute atomic E-state index is 0.237. The van der Waals surface area contributed by atoms with E-state index < -0.39 is 0 Å². The highest BCUT2D eigenvalue weighted by molar-refractivity contribution is 6.42. The fraction of sp³-hybridized carbons (Fsp3) is 0.167. The first-order valence-corrected chi connectivity index (χ1v) is 7.73. The molecule has 2 aromatic rings. The largest absolute Gasteiger partial charge is 0.496 e. The Hall–Kier alpha value is -2.17. The lowest BCUT2D eigenvalue weighted by molar-refractivity contribution is 0.104. The Morgan fingerprint density at radius 2 is 1.50 bits per heavy atom. The molecule has 0 fully saturated rings. The van der Waals surface area contributed by atoms with Crippen molar-refractivity contribution in [3.05, 3.63) is 57.6 Å². The van der Waals surface area contributed by atoms with Crippen LogP contribution < -0.4 is 14.2 Å². The van der Waals surface area contributed by atoms with Gasteiger partial charge in [0.05, 0.1) is 36.9 Å². The number of ether oxygens (including phenoxy) is 3. The fourth-order valence-electron chi connectivity index (χ4n) is 2.10. The van der Waals surface area contributed by atoms with Gasteiger partial charge in [0.15, 0.2) is 17.3 Å². The molecule has 0 N–H and O–H groups in total. The molecule has 4 nitrogen and oxygen atoms in total. The first-order valence-electron chi connectivity index (χ1n) is 6.97. The summed E-state index contributed by atoms with van der Waals surface area (Å²) in [6.07, 6.45) is 3.09. The number of hydrogen-bond donors (Lipinski definition) is 0. The van der Waals surface area contributed by atoms with Crippen molar-refractivity contribution in [2.24, 2.45) is 0 Å². The van der Waals surface area contributed by atoms with Crippen molar-refractivity contribution in [1.29, 1.82) is 0 Å². The number of carbonyl (C=O) groups is 1. The van der Waals surface area contributed by atoms with Gasteiger partial charge in [-0.25, -0.2) is 0 Å². The number of ketones is 1. The highest BCUT2D eigenvalue weighted by Crippen LogP contribution is 2.35. The molecule has 0 radical (unpaired) electrons. The standard InChI is InChI=1S/C18H16Cl2O4/c1-22-16-10-18(24-3)17(23-2)9-12(16)15(21)7-5-11-4-6-13(19)14(20)8-11/h4-10H,1-3H3/b7-5+. The molecule has 0 saturated carbocycles. The van der Waals surface area contributed by atoms with Gasteiger partial charge in [0, 0.05) is 6.07 Å². The molecule has 6 heteroatoms. The molecule has 0 bridgehead atoms. The van der Waals surface area contributed by atoms with Gasteiger partial charge in [-0.05, 0) is 29.8 Å². The quantitative estimate of drug-likeness (QED) is 0.537. The summed E-state index contributed by atoms with van der Waals surface area (Å²) in [7, 11) is 4.51. The smallest absolute Gasteiger partial charge is 0.189 e. The summed E-state index contributed by atoms with van der Waals surface area (Å²) in [5, 5.41) is 0.886. The number of hydrogen-bond acceptors (Lipinski definition) is 4. The molecule has 0 spiro atoms. The molecule has 0 saturated heterocycles. The Morgan fingerprint density at radius 3 is 2.08 bits per heavy atom. The van der Waals surface area contributed by atoms with Crippen LogP contribution in [0.1, 0.15) is 15.9 Å². The zero-order valence-corrected chi connectivity index (χ0v) is 14.9. The van der Waals surface area contributed by atoms with E-state index in [0.717, 1.165) is 5.56 Å². The van der Waals surface area contributed by atoms with Crippen LogP contribution in [-0.4, -0.2) is 27.1 Å². The van der Waals surface area contributed by atoms with E-state index in [1.165, 1.54) is 27.4 Å². The normalized spacial score (nSPS) is 10.7. The van der Waals surface area contributed by atoms with E-state index >= 15 is 0 Å². The maximum atomic E-state index is 12.5. The number of rotatable bonds is 6. The molecule has 0 aliphatic rings. The van der Waals surface area contributed by atoms with Gasteiger partial charge in [-0.15, -0.1) is 0 Å². The summed E-state index contributed by atoms with van der Waals surface area (Å²) < 4.78 is 15.7. The van der Waals surface area contributed by atoms with E-state index in [1.54, 1.807) is 36.4 Å². The number of methoxy groups -OCH3 is 3. The van der Waals surface area contributed by atoms with E-state index in [1.807, 2.05) is 0 Å². The molecular weight excluding hydrogens is 351 g/mol. The van der Waals surface area contributed by atoms with E-state index in [-0.39, 0.29) is 5.78 Å². The highest BCUT2D eigenvalue weighted by Gasteiger charge is 2.16. The predicted molar refractivity (Wildman–Crippen MR) is 95.9 cm³/mol. The van der Waals surface area contributed by atoms with Crippen LogP contribution in [-0.2, 0) is 0 Å². The average molecular weight is 367 g/mol. The third-order valence-corrected chi connectivity index (χ3v) is 4.08. The zero-order chi connectivity index (χ0) is 17.7. The minimum Gasteiger partial charge on any atom is -0.496 e. The lowest BCUT2D eigenvalue weighted by Gasteiger charge is -2.12. The van der Waals surface area contributed by atoms with Gasteiger partial charge in [-0.3, -0.25) is 4.79 Å². The van der Waals surface area contributed by atoms with Crippen LogP contribution in [0.25, 0.3) is 6.08 Å². The van der Waals surface area contributed by atoms with Crippen LogP contribution in [0.2, 0.25) is 10.0 Å². The van der Waals surface area contributed by atoms with E-state index in [9.17, 15) is 4.79 Å². The van der Waals surface area contributed by atoms with Crippen molar-refractivity contribution in [2.75, 3.05) is 21.3 Å². The number of benzene rings is 2. The van der Waals surface area contributed by atoms with Crippen molar-refractivity contribution in [1.82, 2.24) is 0 Å². The Morgan fingerprint density at radius 1 is 0.875 bits per heavy atom. The third-order valence-electron chi connectivity index (χ3n) is 3.34. The molecule has 0 aromatic heterocycles. The van der Waals surface area contributed by atoms with Gasteiger partial charge in [0.25, 0.3) is 0 Å². The topological polar surface area (TPSA) is 44.8 Å². The summed E-state index contributed by atoms with van der Waals surface area (Å²) in [5.41, 5.74) is 1.13. The first kappa shape index (κ1) is 18.2. The van der Waals surface area contributed by atoms with Crippen LogP contribution in [0.5, 0.6) is 17.2 Å². The molecule has 0 atom stereocenters. The monoisotopic (exact) mass is 366 g/mol. The first-order chi connectivity index (χ1) is 11.5.